The third kappa shape index (κ3) is 5.23. The fourth-order valence-electron chi connectivity index (χ4n) is 5.54. The molecular weight excluding hydrogens is 509 g/mol. The van der Waals surface area contributed by atoms with Crippen LogP contribution in [-0.4, -0.2) is 47.2 Å². The Hall–Kier alpha value is -4.40. The van der Waals surface area contributed by atoms with E-state index in [4.69, 9.17) is 0 Å². The van der Waals surface area contributed by atoms with Gasteiger partial charge in [-0.2, -0.15) is 0 Å². The van der Waals surface area contributed by atoms with E-state index in [0.29, 0.717) is 29.9 Å². The molecule has 8 nitrogen and oxygen atoms in total. The number of rotatable bonds is 7. The zero-order chi connectivity index (χ0) is 28.5. The topological polar surface area (TPSA) is 104 Å². The number of anilines is 2. The maximum atomic E-state index is 13.3. The van der Waals surface area contributed by atoms with E-state index < -0.39 is 17.6 Å². The van der Waals surface area contributed by atoms with Crippen LogP contribution in [-0.2, 0) is 39.2 Å². The van der Waals surface area contributed by atoms with Gasteiger partial charge in [-0.25, -0.2) is 9.37 Å². The molecule has 0 fully saturated rings. The number of hydrogen-bond donors (Lipinski definition) is 2. The molecule has 9 heteroatoms. The van der Waals surface area contributed by atoms with E-state index in [1.165, 1.54) is 11.1 Å². The van der Waals surface area contributed by atoms with Crippen LogP contribution in [0.5, 0.6) is 0 Å². The SMILES string of the molecule is CC(C)(C)C(=O)N(CC(=O)Nc1ccc2c(c1)CC1(C2)C(=O)Nc2ncccc21)Cc1ccccc1/C=N/CF. The van der Waals surface area contributed by atoms with Crippen molar-refractivity contribution in [2.75, 3.05) is 24.0 Å². The molecule has 2 N–H and O–H groups in total. The molecule has 0 saturated carbocycles. The molecule has 3 aromatic rings. The molecule has 2 heterocycles. The first-order valence-electron chi connectivity index (χ1n) is 13.2. The van der Waals surface area contributed by atoms with Crippen molar-refractivity contribution >= 4 is 35.4 Å². The van der Waals surface area contributed by atoms with Crippen molar-refractivity contribution in [3.63, 3.8) is 0 Å². The predicted molar refractivity (Wildman–Crippen MR) is 152 cm³/mol. The Balaban J connectivity index is 1.33. The molecule has 1 atom stereocenters. The highest BCUT2D eigenvalue weighted by Crippen LogP contribution is 2.46. The van der Waals surface area contributed by atoms with Crippen LogP contribution in [0.15, 0.2) is 65.8 Å². The number of amides is 3. The van der Waals surface area contributed by atoms with Gasteiger partial charge in [0.1, 0.15) is 12.4 Å². The molecule has 2 aromatic carbocycles. The van der Waals surface area contributed by atoms with Gasteiger partial charge in [-0.15, -0.1) is 0 Å². The normalized spacial score (nSPS) is 17.6. The van der Waals surface area contributed by atoms with Crippen molar-refractivity contribution in [2.24, 2.45) is 10.4 Å². The minimum atomic E-state index is -0.836. The van der Waals surface area contributed by atoms with Gasteiger partial charge in [-0.05, 0) is 53.3 Å². The van der Waals surface area contributed by atoms with Crippen molar-refractivity contribution in [2.45, 2.75) is 45.6 Å². The number of aromatic nitrogens is 1. The van der Waals surface area contributed by atoms with Crippen molar-refractivity contribution in [3.05, 3.63) is 88.6 Å². The van der Waals surface area contributed by atoms with Gasteiger partial charge in [0.2, 0.25) is 17.7 Å². The zero-order valence-electron chi connectivity index (χ0n) is 22.8. The number of benzene rings is 2. The Morgan fingerprint density at radius 3 is 2.67 bits per heavy atom. The van der Waals surface area contributed by atoms with E-state index >= 15 is 0 Å². The summed E-state index contributed by atoms with van der Waals surface area (Å²) in [6, 6.07) is 16.7. The van der Waals surface area contributed by atoms with Gasteiger partial charge in [0.05, 0.1) is 5.41 Å². The third-order valence-electron chi connectivity index (χ3n) is 7.44. The average Bonchev–Trinajstić information content (AvgIpc) is 3.43. The van der Waals surface area contributed by atoms with Gasteiger partial charge >= 0.3 is 0 Å². The first-order chi connectivity index (χ1) is 19.1. The number of halogens is 1. The van der Waals surface area contributed by atoms with E-state index in [9.17, 15) is 18.8 Å². The van der Waals surface area contributed by atoms with E-state index in [2.05, 4.69) is 20.6 Å². The lowest BCUT2D eigenvalue weighted by molar-refractivity contribution is -0.142. The molecule has 5 rings (SSSR count). The summed E-state index contributed by atoms with van der Waals surface area (Å²) in [5.74, 6) is 0.0229. The Morgan fingerprint density at radius 1 is 1.12 bits per heavy atom. The summed E-state index contributed by atoms with van der Waals surface area (Å²) in [6.45, 7) is 4.59. The fraction of sp³-hybridized carbons (Fsp3) is 0.323. The summed E-state index contributed by atoms with van der Waals surface area (Å²) < 4.78 is 12.7. The molecule has 0 radical (unpaired) electrons. The second kappa shape index (κ2) is 10.6. The summed E-state index contributed by atoms with van der Waals surface area (Å²) in [6.07, 6.45) is 4.19. The molecule has 0 bridgehead atoms. The Morgan fingerprint density at radius 2 is 1.90 bits per heavy atom. The largest absolute Gasteiger partial charge is 0.329 e. The summed E-state index contributed by atoms with van der Waals surface area (Å²) in [4.78, 5) is 49.0. The third-order valence-corrected chi connectivity index (χ3v) is 7.44. The summed E-state index contributed by atoms with van der Waals surface area (Å²) in [5.41, 5.74) is 3.60. The number of pyridine rings is 1. The maximum Gasteiger partial charge on any atom is 0.244 e. The lowest BCUT2D eigenvalue weighted by atomic mass is 9.79. The van der Waals surface area contributed by atoms with E-state index in [-0.39, 0.29) is 30.8 Å². The van der Waals surface area contributed by atoms with Gasteiger partial charge in [0.25, 0.3) is 0 Å². The second-order valence-electron chi connectivity index (χ2n) is 11.4. The van der Waals surface area contributed by atoms with Crippen LogP contribution in [0.1, 0.15) is 48.6 Å². The summed E-state index contributed by atoms with van der Waals surface area (Å²) in [7, 11) is 0. The Labute approximate surface area is 232 Å². The zero-order valence-corrected chi connectivity index (χ0v) is 22.8. The van der Waals surface area contributed by atoms with Gasteiger partial charge in [-0.1, -0.05) is 57.2 Å². The van der Waals surface area contributed by atoms with E-state index in [1.54, 1.807) is 33.0 Å². The van der Waals surface area contributed by atoms with Crippen molar-refractivity contribution in [1.29, 1.82) is 0 Å². The molecule has 1 spiro atoms. The molecule has 0 saturated heterocycles. The maximum absolute atomic E-state index is 13.3. The fourth-order valence-corrected chi connectivity index (χ4v) is 5.54. The van der Waals surface area contributed by atoms with Crippen molar-refractivity contribution in [3.8, 4) is 0 Å². The van der Waals surface area contributed by atoms with Crippen LogP contribution < -0.4 is 10.6 Å². The standard InChI is InChI=1S/C31H32FN5O3/c1-30(2,3)29(40)37(17-22-8-5-4-7-21(22)16-33-19-32)18-26(38)35-24-11-10-20-14-31(15-23(20)13-24)25-9-6-12-34-27(25)36-28(31)39/h4-13,16H,14-15,17-19H2,1-3H3,(H,35,38)(H,34,36,39)/b33-16+. The van der Waals surface area contributed by atoms with Gasteiger partial charge in [0, 0.05) is 35.6 Å². The molecule has 3 amide bonds. The Bertz CT molecular complexity index is 1510. The molecular formula is C31H32FN5O3. The first kappa shape index (κ1) is 27.2. The average molecular weight is 542 g/mol. The molecule has 1 unspecified atom stereocenters. The summed E-state index contributed by atoms with van der Waals surface area (Å²) >= 11 is 0. The number of carbonyl (C=O) groups is 3. The van der Waals surface area contributed by atoms with Crippen LogP contribution in [0.25, 0.3) is 0 Å². The molecule has 2 aliphatic rings. The number of nitrogens with one attached hydrogen (secondary N) is 2. The van der Waals surface area contributed by atoms with E-state index in [0.717, 1.165) is 22.3 Å². The molecule has 40 heavy (non-hydrogen) atoms. The minimum Gasteiger partial charge on any atom is -0.329 e. The minimum absolute atomic E-state index is 0.0591. The van der Waals surface area contributed by atoms with Gasteiger partial charge < -0.3 is 15.5 Å². The number of hydrogen-bond acceptors (Lipinski definition) is 5. The van der Waals surface area contributed by atoms with Crippen LogP contribution in [0, 0.1) is 5.41 Å². The number of alkyl halides is 1. The van der Waals surface area contributed by atoms with Gasteiger partial charge in [0.15, 0.2) is 6.80 Å². The van der Waals surface area contributed by atoms with Crippen LogP contribution in [0.4, 0.5) is 15.9 Å². The highest BCUT2D eigenvalue weighted by Gasteiger charge is 2.51. The van der Waals surface area contributed by atoms with Crippen LogP contribution in [0.2, 0.25) is 0 Å². The molecule has 1 aromatic heterocycles. The molecule has 1 aliphatic heterocycles. The van der Waals surface area contributed by atoms with Crippen LogP contribution >= 0.6 is 0 Å². The van der Waals surface area contributed by atoms with Crippen molar-refractivity contribution < 1.29 is 18.8 Å². The predicted octanol–water partition coefficient (Wildman–Crippen LogP) is 4.43. The molecule has 206 valence electrons. The quantitative estimate of drug-likeness (QED) is 0.341. The number of nitrogens with zero attached hydrogens (tertiary/aromatic N) is 3. The lowest BCUT2D eigenvalue weighted by Gasteiger charge is -2.29. The first-order valence-corrected chi connectivity index (χ1v) is 13.2. The second-order valence-corrected chi connectivity index (χ2v) is 11.4. The monoisotopic (exact) mass is 541 g/mol. The molecule has 1 aliphatic carbocycles. The summed E-state index contributed by atoms with van der Waals surface area (Å²) in [5, 5.41) is 5.84. The lowest BCUT2D eigenvalue weighted by Crippen LogP contribution is -2.43. The van der Waals surface area contributed by atoms with Gasteiger partial charge in [-0.3, -0.25) is 19.4 Å². The number of aliphatic imine (C=N–C) groups is 1. The van der Waals surface area contributed by atoms with Crippen LogP contribution in [0.3, 0.4) is 0 Å². The highest BCUT2D eigenvalue weighted by molar-refractivity contribution is 6.06. The van der Waals surface area contributed by atoms with E-state index in [1.807, 2.05) is 48.5 Å². The smallest absolute Gasteiger partial charge is 0.244 e. The highest BCUT2D eigenvalue weighted by atomic mass is 19.1. The number of fused-ring (bicyclic) bond motifs is 3. The van der Waals surface area contributed by atoms with Crippen molar-refractivity contribution in [1.82, 2.24) is 9.88 Å². The number of carbonyl (C=O) groups excluding carboxylic acids is 3. The Kier molecular flexibility index (Phi) is 7.23.